The highest BCUT2D eigenvalue weighted by Crippen LogP contribution is 2.31. The van der Waals surface area contributed by atoms with Crippen LogP contribution in [0.1, 0.15) is 5.69 Å². The van der Waals surface area contributed by atoms with Crippen molar-refractivity contribution in [2.24, 2.45) is 0 Å². The maximum atomic E-state index is 5.93. The molecule has 0 radical (unpaired) electrons. The number of nitrogens with zero attached hydrogens (tertiary/aromatic N) is 1. The summed E-state index contributed by atoms with van der Waals surface area (Å²) < 4.78 is 5.19. The summed E-state index contributed by atoms with van der Waals surface area (Å²) in [6.45, 7) is 1.85. The van der Waals surface area contributed by atoms with E-state index in [0.29, 0.717) is 16.6 Å². The number of fused-ring (bicyclic) bond motifs is 1. The average Bonchev–Trinajstić information content (AvgIpc) is 2.23. The summed E-state index contributed by atoms with van der Waals surface area (Å²) in [7, 11) is 1.58. The van der Waals surface area contributed by atoms with Gasteiger partial charge in [0.15, 0.2) is 0 Å². The molecular weight excluding hydrogens is 212 g/mol. The van der Waals surface area contributed by atoms with Crippen LogP contribution in [0.2, 0.25) is 5.02 Å². The second-order valence-corrected chi connectivity index (χ2v) is 3.75. The Labute approximate surface area is 92.8 Å². The molecule has 1 heterocycles. The first-order valence-corrected chi connectivity index (χ1v) is 4.90. The molecule has 2 rings (SSSR count). The lowest BCUT2D eigenvalue weighted by Gasteiger charge is -2.09. The van der Waals surface area contributed by atoms with Crippen LogP contribution in [0.5, 0.6) is 5.88 Å². The van der Waals surface area contributed by atoms with Crippen molar-refractivity contribution < 1.29 is 4.74 Å². The van der Waals surface area contributed by atoms with Crippen molar-refractivity contribution in [3.8, 4) is 5.88 Å². The number of halogens is 1. The van der Waals surface area contributed by atoms with Crippen molar-refractivity contribution in [2.45, 2.75) is 6.92 Å². The predicted octanol–water partition coefficient (Wildman–Crippen LogP) is 2.79. The van der Waals surface area contributed by atoms with Crippen molar-refractivity contribution in [2.75, 3.05) is 12.8 Å². The summed E-state index contributed by atoms with van der Waals surface area (Å²) in [5, 5.41) is 2.41. The number of aryl methyl sites for hydroxylation is 1. The molecule has 0 bridgehead atoms. The van der Waals surface area contributed by atoms with Crippen LogP contribution >= 0.6 is 11.6 Å². The minimum atomic E-state index is 0.555. The van der Waals surface area contributed by atoms with Crippen LogP contribution in [0, 0.1) is 6.92 Å². The summed E-state index contributed by atoms with van der Waals surface area (Å²) in [6.07, 6.45) is 0. The Morgan fingerprint density at radius 2 is 2.07 bits per heavy atom. The van der Waals surface area contributed by atoms with Gasteiger partial charge in [-0.05, 0) is 19.1 Å². The number of nitrogens with two attached hydrogens (primary N) is 1. The van der Waals surface area contributed by atoms with Crippen molar-refractivity contribution in [3.05, 3.63) is 28.9 Å². The van der Waals surface area contributed by atoms with Gasteiger partial charge in [0.2, 0.25) is 5.88 Å². The molecule has 0 saturated heterocycles. The van der Waals surface area contributed by atoms with E-state index in [1.54, 1.807) is 19.2 Å². The molecule has 0 atom stereocenters. The summed E-state index contributed by atoms with van der Waals surface area (Å²) >= 11 is 5.92. The number of rotatable bonds is 1. The fourth-order valence-corrected chi connectivity index (χ4v) is 1.72. The van der Waals surface area contributed by atoms with E-state index in [9.17, 15) is 0 Å². The summed E-state index contributed by atoms with van der Waals surface area (Å²) in [4.78, 5) is 4.25. The van der Waals surface area contributed by atoms with E-state index < -0.39 is 0 Å². The standard InChI is InChI=1S/C11H11ClN2O/c1-6-10(13)8-4-3-7(12)5-9(8)11(14-6)15-2/h3-5H,13H2,1-2H3. The summed E-state index contributed by atoms with van der Waals surface area (Å²) in [5.41, 5.74) is 7.37. The number of hydrogen-bond acceptors (Lipinski definition) is 3. The van der Waals surface area contributed by atoms with Gasteiger partial charge in [0, 0.05) is 15.8 Å². The van der Waals surface area contributed by atoms with Crippen LogP contribution < -0.4 is 10.5 Å². The van der Waals surface area contributed by atoms with Crippen LogP contribution in [0.4, 0.5) is 5.69 Å². The van der Waals surface area contributed by atoms with Crippen molar-refractivity contribution in [1.82, 2.24) is 4.98 Å². The second kappa shape index (κ2) is 3.59. The first kappa shape index (κ1) is 10.1. The maximum absolute atomic E-state index is 5.93. The number of hydrogen-bond donors (Lipinski definition) is 1. The highest BCUT2D eigenvalue weighted by Gasteiger charge is 2.09. The fourth-order valence-electron chi connectivity index (χ4n) is 1.55. The zero-order chi connectivity index (χ0) is 11.0. The minimum Gasteiger partial charge on any atom is -0.481 e. The summed E-state index contributed by atoms with van der Waals surface area (Å²) in [5.74, 6) is 0.555. The van der Waals surface area contributed by atoms with E-state index in [4.69, 9.17) is 22.1 Å². The highest BCUT2D eigenvalue weighted by molar-refractivity contribution is 6.31. The third-order valence-corrected chi connectivity index (χ3v) is 2.59. The predicted molar refractivity (Wildman–Crippen MR) is 62.5 cm³/mol. The van der Waals surface area contributed by atoms with E-state index in [1.807, 2.05) is 13.0 Å². The molecule has 3 nitrogen and oxygen atoms in total. The van der Waals surface area contributed by atoms with Gasteiger partial charge < -0.3 is 10.5 Å². The van der Waals surface area contributed by atoms with Gasteiger partial charge in [0.1, 0.15) is 0 Å². The van der Waals surface area contributed by atoms with Gasteiger partial charge >= 0.3 is 0 Å². The minimum absolute atomic E-state index is 0.555. The Bertz CT molecular complexity index is 525. The Morgan fingerprint density at radius 3 is 2.73 bits per heavy atom. The highest BCUT2D eigenvalue weighted by atomic mass is 35.5. The van der Waals surface area contributed by atoms with Crippen LogP contribution in [0.25, 0.3) is 10.8 Å². The average molecular weight is 223 g/mol. The number of pyridine rings is 1. The lowest BCUT2D eigenvalue weighted by Crippen LogP contribution is -1.98. The Balaban J connectivity index is 2.90. The normalized spacial score (nSPS) is 10.6. The SMILES string of the molecule is COc1nc(C)c(N)c2ccc(Cl)cc12. The molecule has 78 valence electrons. The van der Waals surface area contributed by atoms with Gasteiger partial charge in [-0.2, -0.15) is 0 Å². The van der Waals surface area contributed by atoms with Crippen molar-refractivity contribution >= 4 is 28.1 Å². The fraction of sp³-hybridized carbons (Fsp3) is 0.182. The first-order chi connectivity index (χ1) is 7.13. The molecule has 4 heteroatoms. The molecule has 15 heavy (non-hydrogen) atoms. The van der Waals surface area contributed by atoms with Crippen molar-refractivity contribution in [3.63, 3.8) is 0 Å². The second-order valence-electron chi connectivity index (χ2n) is 3.31. The van der Waals surface area contributed by atoms with Crippen LogP contribution in [-0.4, -0.2) is 12.1 Å². The Hall–Kier alpha value is -1.48. The number of aromatic nitrogens is 1. The van der Waals surface area contributed by atoms with Crippen molar-refractivity contribution in [1.29, 1.82) is 0 Å². The molecule has 0 amide bonds. The Kier molecular flexibility index (Phi) is 2.40. The Morgan fingerprint density at radius 1 is 1.33 bits per heavy atom. The van der Waals surface area contributed by atoms with Crippen LogP contribution in [0.15, 0.2) is 18.2 Å². The molecule has 0 aliphatic heterocycles. The molecule has 0 fully saturated rings. The van der Waals surface area contributed by atoms with Gasteiger partial charge in [0.05, 0.1) is 18.5 Å². The van der Waals surface area contributed by atoms with E-state index in [-0.39, 0.29) is 0 Å². The summed E-state index contributed by atoms with van der Waals surface area (Å²) in [6, 6.07) is 5.49. The molecule has 0 unspecified atom stereocenters. The molecular formula is C11H11ClN2O. The molecule has 0 aliphatic carbocycles. The van der Waals surface area contributed by atoms with E-state index in [0.717, 1.165) is 16.5 Å². The smallest absolute Gasteiger partial charge is 0.221 e. The zero-order valence-electron chi connectivity index (χ0n) is 8.54. The lowest BCUT2D eigenvalue weighted by molar-refractivity contribution is 0.402. The van der Waals surface area contributed by atoms with E-state index >= 15 is 0 Å². The van der Waals surface area contributed by atoms with E-state index in [1.165, 1.54) is 0 Å². The quantitative estimate of drug-likeness (QED) is 0.807. The molecule has 0 spiro atoms. The third kappa shape index (κ3) is 1.59. The molecule has 0 aliphatic rings. The number of methoxy groups -OCH3 is 1. The number of ether oxygens (including phenoxy) is 1. The molecule has 2 N–H and O–H groups in total. The zero-order valence-corrected chi connectivity index (χ0v) is 9.30. The number of nitrogen functional groups attached to an aromatic ring is 1. The van der Waals surface area contributed by atoms with Gasteiger partial charge in [0.25, 0.3) is 0 Å². The maximum Gasteiger partial charge on any atom is 0.221 e. The van der Waals surface area contributed by atoms with Crippen LogP contribution in [-0.2, 0) is 0 Å². The molecule has 0 saturated carbocycles. The van der Waals surface area contributed by atoms with Gasteiger partial charge in [-0.1, -0.05) is 17.7 Å². The van der Waals surface area contributed by atoms with E-state index in [2.05, 4.69) is 4.98 Å². The number of benzene rings is 1. The lowest BCUT2D eigenvalue weighted by atomic mass is 10.1. The third-order valence-electron chi connectivity index (χ3n) is 2.35. The van der Waals surface area contributed by atoms with Gasteiger partial charge in [-0.15, -0.1) is 0 Å². The molecule has 1 aromatic carbocycles. The monoisotopic (exact) mass is 222 g/mol. The molecule has 1 aromatic heterocycles. The molecule has 2 aromatic rings. The van der Waals surface area contributed by atoms with Crippen LogP contribution in [0.3, 0.4) is 0 Å². The number of anilines is 1. The topological polar surface area (TPSA) is 48.1 Å². The van der Waals surface area contributed by atoms with Gasteiger partial charge in [-0.3, -0.25) is 0 Å². The largest absolute Gasteiger partial charge is 0.481 e. The van der Waals surface area contributed by atoms with Gasteiger partial charge in [-0.25, -0.2) is 4.98 Å². The first-order valence-electron chi connectivity index (χ1n) is 4.53.